The summed E-state index contributed by atoms with van der Waals surface area (Å²) in [5.41, 5.74) is 5.77. The van der Waals surface area contributed by atoms with E-state index in [0.29, 0.717) is 0 Å². The van der Waals surface area contributed by atoms with Gasteiger partial charge in [0.1, 0.15) is 0 Å². The standard InChI is InChI=1S/C40H56N2.Ni/c1-4-7-10-12-14-16-18-20-22-28-36-30-24-26-33-39(36)41-35-38(32-9-6-3)42-40-34-27-25-31-37(40)29-23-21-19-17-15-13-11-8-5-2;/h24-27,30-31,33-35H,4-15,20-23,28-29,32H2,1-3H3;/b41-35-,42-38+;. The van der Waals surface area contributed by atoms with Crippen LogP contribution in [0, 0.1) is 23.7 Å². The summed E-state index contributed by atoms with van der Waals surface area (Å²) in [5.74, 6) is 13.5. The molecule has 0 aliphatic heterocycles. The van der Waals surface area contributed by atoms with Gasteiger partial charge in [-0.05, 0) is 74.6 Å². The summed E-state index contributed by atoms with van der Waals surface area (Å²) in [6, 6.07) is 17.1. The van der Waals surface area contributed by atoms with Crippen molar-refractivity contribution in [3.05, 3.63) is 59.7 Å². The number of nitrogens with zero attached hydrogens (tertiary/aromatic N) is 2. The van der Waals surface area contributed by atoms with Gasteiger partial charge in [-0.1, -0.05) is 102 Å². The van der Waals surface area contributed by atoms with Crippen LogP contribution in [0.2, 0.25) is 0 Å². The monoisotopic (exact) mass is 622 g/mol. The Hall–Kier alpha value is -2.61. The molecule has 3 heteroatoms. The van der Waals surface area contributed by atoms with Gasteiger partial charge in [0.05, 0.1) is 17.1 Å². The average Bonchev–Trinajstić information content (AvgIpc) is 3.02. The molecule has 0 aliphatic carbocycles. The SMILES string of the molecule is CCCCCCC#CCCCc1ccccc1/N=C\C(CCCC)=N\c1ccccc1CCCC#CCCCCCC.[Ni]. The van der Waals surface area contributed by atoms with Crippen molar-refractivity contribution in [3.63, 3.8) is 0 Å². The van der Waals surface area contributed by atoms with Gasteiger partial charge in [-0.2, -0.15) is 0 Å². The number of para-hydroxylation sites is 2. The summed E-state index contributed by atoms with van der Waals surface area (Å²) in [6.07, 6.45) is 23.6. The number of benzene rings is 2. The molecule has 0 heterocycles. The van der Waals surface area contributed by atoms with Crippen LogP contribution < -0.4 is 0 Å². The van der Waals surface area contributed by atoms with Crippen LogP contribution in [0.5, 0.6) is 0 Å². The van der Waals surface area contributed by atoms with E-state index in [4.69, 9.17) is 9.98 Å². The summed E-state index contributed by atoms with van der Waals surface area (Å²) < 4.78 is 0. The van der Waals surface area contributed by atoms with Gasteiger partial charge in [0.25, 0.3) is 0 Å². The molecule has 0 amide bonds. The fourth-order valence-corrected chi connectivity index (χ4v) is 4.85. The second kappa shape index (κ2) is 27.0. The summed E-state index contributed by atoms with van der Waals surface area (Å²) in [4.78, 5) is 10.1. The molecule has 0 aromatic heterocycles. The molecule has 2 nitrogen and oxygen atoms in total. The van der Waals surface area contributed by atoms with Crippen LogP contribution in [0.25, 0.3) is 0 Å². The van der Waals surface area contributed by atoms with Crippen molar-refractivity contribution in [2.75, 3.05) is 0 Å². The van der Waals surface area contributed by atoms with Crippen LogP contribution in [-0.4, -0.2) is 11.9 Å². The minimum Gasteiger partial charge on any atom is -0.255 e. The summed E-state index contributed by atoms with van der Waals surface area (Å²) >= 11 is 0. The van der Waals surface area contributed by atoms with E-state index in [2.05, 4.69) is 93.0 Å². The summed E-state index contributed by atoms with van der Waals surface area (Å²) in [5, 5.41) is 0. The maximum absolute atomic E-state index is 5.13. The quantitative estimate of drug-likeness (QED) is 0.0607. The number of unbranched alkanes of at least 4 members (excludes halogenated alkanes) is 11. The van der Waals surface area contributed by atoms with E-state index in [-0.39, 0.29) is 16.5 Å². The molecule has 0 radical (unpaired) electrons. The topological polar surface area (TPSA) is 24.7 Å². The Morgan fingerprint density at radius 1 is 0.558 bits per heavy atom. The van der Waals surface area contributed by atoms with E-state index in [1.165, 1.54) is 62.5 Å². The maximum Gasteiger partial charge on any atom is 0.0665 e. The van der Waals surface area contributed by atoms with E-state index < -0.39 is 0 Å². The molecular formula is C40H56N2Ni. The smallest absolute Gasteiger partial charge is 0.0665 e. The van der Waals surface area contributed by atoms with E-state index in [9.17, 15) is 0 Å². The molecule has 0 saturated carbocycles. The van der Waals surface area contributed by atoms with Gasteiger partial charge >= 0.3 is 0 Å². The van der Waals surface area contributed by atoms with Crippen molar-refractivity contribution >= 4 is 23.3 Å². The predicted molar refractivity (Wildman–Crippen MR) is 187 cm³/mol. The second-order valence-electron chi connectivity index (χ2n) is 11.3. The van der Waals surface area contributed by atoms with Crippen LogP contribution in [-0.2, 0) is 29.3 Å². The molecule has 0 bridgehead atoms. The fraction of sp³-hybridized carbons (Fsp3) is 0.550. The first kappa shape index (κ1) is 38.4. The maximum atomic E-state index is 5.13. The molecule has 43 heavy (non-hydrogen) atoms. The normalized spacial score (nSPS) is 11.0. The Bertz CT molecular complexity index is 1170. The van der Waals surface area contributed by atoms with Crippen molar-refractivity contribution < 1.29 is 16.5 Å². The Balaban J connectivity index is 0.00000924. The molecule has 0 unspecified atom stereocenters. The Labute approximate surface area is 275 Å². The first-order valence-corrected chi connectivity index (χ1v) is 17.0. The van der Waals surface area contributed by atoms with Crippen molar-refractivity contribution in [1.29, 1.82) is 0 Å². The van der Waals surface area contributed by atoms with E-state index in [1.807, 2.05) is 6.21 Å². The van der Waals surface area contributed by atoms with Gasteiger partial charge < -0.3 is 0 Å². The molecule has 0 spiro atoms. The largest absolute Gasteiger partial charge is 0.255 e. The Morgan fingerprint density at radius 3 is 1.56 bits per heavy atom. The van der Waals surface area contributed by atoms with Gasteiger partial charge in [-0.3, -0.25) is 9.98 Å². The fourth-order valence-electron chi connectivity index (χ4n) is 4.85. The third kappa shape index (κ3) is 18.6. The van der Waals surface area contributed by atoms with Crippen LogP contribution in [0.1, 0.15) is 141 Å². The number of rotatable bonds is 20. The average molecular weight is 624 g/mol. The third-order valence-corrected chi connectivity index (χ3v) is 7.44. The number of aliphatic imine (C=N–C) groups is 2. The second-order valence-corrected chi connectivity index (χ2v) is 11.3. The van der Waals surface area contributed by atoms with E-state index in [1.54, 1.807) is 0 Å². The van der Waals surface area contributed by atoms with Crippen LogP contribution in [0.15, 0.2) is 58.5 Å². The van der Waals surface area contributed by atoms with Crippen LogP contribution >= 0.6 is 0 Å². The van der Waals surface area contributed by atoms with Gasteiger partial charge in [-0.25, -0.2) is 0 Å². The van der Waals surface area contributed by atoms with Gasteiger partial charge in [-0.15, -0.1) is 23.7 Å². The number of aryl methyl sites for hydroxylation is 2. The van der Waals surface area contributed by atoms with E-state index in [0.717, 1.165) is 87.7 Å². The van der Waals surface area contributed by atoms with Crippen molar-refractivity contribution in [2.24, 2.45) is 9.98 Å². The van der Waals surface area contributed by atoms with Crippen molar-refractivity contribution in [1.82, 2.24) is 0 Å². The minimum absolute atomic E-state index is 0. The van der Waals surface area contributed by atoms with Crippen LogP contribution in [0.4, 0.5) is 11.4 Å². The number of hydrogen-bond donors (Lipinski definition) is 0. The molecule has 236 valence electrons. The van der Waals surface area contributed by atoms with Gasteiger partial charge in [0.2, 0.25) is 0 Å². The molecule has 0 N–H and O–H groups in total. The Morgan fingerprint density at radius 2 is 1.02 bits per heavy atom. The zero-order valence-electron chi connectivity index (χ0n) is 27.3. The minimum atomic E-state index is 0. The first-order chi connectivity index (χ1) is 20.8. The molecule has 2 aromatic carbocycles. The van der Waals surface area contributed by atoms with Gasteiger partial charge in [0, 0.05) is 48.4 Å². The first-order valence-electron chi connectivity index (χ1n) is 17.0. The molecule has 2 aromatic rings. The third-order valence-electron chi connectivity index (χ3n) is 7.44. The van der Waals surface area contributed by atoms with Crippen LogP contribution in [0.3, 0.4) is 0 Å². The van der Waals surface area contributed by atoms with Gasteiger partial charge in [0.15, 0.2) is 0 Å². The molecule has 0 aliphatic rings. The molecule has 2 rings (SSSR count). The molecule has 0 saturated heterocycles. The molecule has 0 fully saturated rings. The molecule has 0 atom stereocenters. The van der Waals surface area contributed by atoms with E-state index >= 15 is 0 Å². The van der Waals surface area contributed by atoms with Crippen molar-refractivity contribution in [3.8, 4) is 23.7 Å². The summed E-state index contributed by atoms with van der Waals surface area (Å²) in [7, 11) is 0. The summed E-state index contributed by atoms with van der Waals surface area (Å²) in [6.45, 7) is 6.74. The number of hydrogen-bond acceptors (Lipinski definition) is 2. The Kier molecular flexibility index (Phi) is 24.1. The predicted octanol–water partition coefficient (Wildman–Crippen LogP) is 11.9. The van der Waals surface area contributed by atoms with Crippen molar-refractivity contribution in [2.45, 2.75) is 143 Å². The zero-order chi connectivity index (χ0) is 29.9. The molecular weight excluding hydrogens is 567 g/mol. The zero-order valence-corrected chi connectivity index (χ0v) is 28.3.